The zero-order valence-corrected chi connectivity index (χ0v) is 20.5. The van der Waals surface area contributed by atoms with Gasteiger partial charge in [0.25, 0.3) is 16.0 Å². The van der Waals surface area contributed by atoms with E-state index in [9.17, 15) is 13.2 Å². The molecule has 4 aromatic rings. The maximum Gasteiger partial charge on any atom is 0.261 e. The second kappa shape index (κ2) is 10.4. The van der Waals surface area contributed by atoms with Crippen LogP contribution in [0.4, 0.5) is 5.82 Å². The standard InChI is InChI=1S/C22H21N7O2.CH4O3S/c1-28-8-10-29(11-9-28)22(30)15-4-2-14(3-5-15)16-13-25-20(23)19(26-16)21-27-17-12-24-7-6-18(17)31-21;1-5(2,3)4/h2-7,12-13H,8-11H2,1H3,(H2,23,25);1H3,(H,2,3,4). The largest absolute Gasteiger partial charge is 0.434 e. The van der Waals surface area contributed by atoms with Crippen LogP contribution in [0.1, 0.15) is 10.4 Å². The van der Waals surface area contributed by atoms with Gasteiger partial charge in [-0.2, -0.15) is 8.42 Å². The average molecular weight is 512 g/mol. The lowest BCUT2D eigenvalue weighted by Crippen LogP contribution is -2.47. The molecule has 12 nitrogen and oxygen atoms in total. The fraction of sp³-hybridized carbons (Fsp3) is 0.261. The summed E-state index contributed by atoms with van der Waals surface area (Å²) in [7, 11) is -1.60. The van der Waals surface area contributed by atoms with Crippen LogP contribution in [0.5, 0.6) is 0 Å². The molecule has 13 heteroatoms. The second-order valence-electron chi connectivity index (χ2n) is 8.26. The predicted octanol–water partition coefficient (Wildman–Crippen LogP) is 1.82. The highest BCUT2D eigenvalue weighted by atomic mass is 32.2. The molecule has 3 N–H and O–H groups in total. The second-order valence-corrected chi connectivity index (χ2v) is 9.72. The first-order valence-electron chi connectivity index (χ1n) is 10.9. The fourth-order valence-corrected chi connectivity index (χ4v) is 3.55. The smallest absolute Gasteiger partial charge is 0.261 e. The Hall–Kier alpha value is -3.94. The van der Waals surface area contributed by atoms with Crippen molar-refractivity contribution < 1.29 is 22.2 Å². The SMILES string of the molecule is CN1CCN(C(=O)c2ccc(-c3cnc(N)c(-c4nc5cnccc5o4)n3)cc2)CC1.CS(=O)(=O)O. The van der Waals surface area contributed by atoms with Gasteiger partial charge >= 0.3 is 0 Å². The minimum absolute atomic E-state index is 0.0452. The van der Waals surface area contributed by atoms with E-state index in [0.29, 0.717) is 34.3 Å². The van der Waals surface area contributed by atoms with Crippen molar-refractivity contribution in [2.45, 2.75) is 0 Å². The van der Waals surface area contributed by atoms with Crippen molar-refractivity contribution in [1.29, 1.82) is 0 Å². The van der Waals surface area contributed by atoms with E-state index in [4.69, 9.17) is 14.7 Å². The number of pyridine rings is 1. The number of hydrogen-bond donors (Lipinski definition) is 2. The molecule has 1 aliphatic heterocycles. The molecule has 188 valence electrons. The van der Waals surface area contributed by atoms with Gasteiger partial charge in [-0.15, -0.1) is 0 Å². The van der Waals surface area contributed by atoms with Crippen LogP contribution >= 0.6 is 0 Å². The Bertz CT molecular complexity index is 1440. The van der Waals surface area contributed by atoms with Gasteiger partial charge in [0, 0.05) is 49.6 Å². The van der Waals surface area contributed by atoms with Crippen LogP contribution in [0.2, 0.25) is 0 Å². The number of hydrogen-bond acceptors (Lipinski definition) is 10. The highest BCUT2D eigenvalue weighted by Crippen LogP contribution is 2.28. The van der Waals surface area contributed by atoms with Crippen molar-refractivity contribution in [2.24, 2.45) is 0 Å². The van der Waals surface area contributed by atoms with Crippen LogP contribution in [0.3, 0.4) is 0 Å². The number of fused-ring (bicyclic) bond motifs is 1. The van der Waals surface area contributed by atoms with E-state index in [1.807, 2.05) is 29.2 Å². The molecular weight excluding hydrogens is 486 g/mol. The van der Waals surface area contributed by atoms with Gasteiger partial charge in [0.05, 0.1) is 24.3 Å². The summed E-state index contributed by atoms with van der Waals surface area (Å²) in [4.78, 5) is 34.2. The molecule has 0 spiro atoms. The molecule has 5 rings (SSSR count). The summed E-state index contributed by atoms with van der Waals surface area (Å²) < 4.78 is 31.6. The summed E-state index contributed by atoms with van der Waals surface area (Å²) in [6.45, 7) is 3.26. The van der Waals surface area contributed by atoms with E-state index in [2.05, 4.69) is 31.9 Å². The van der Waals surface area contributed by atoms with Crippen molar-refractivity contribution in [2.75, 3.05) is 45.2 Å². The molecule has 3 aromatic heterocycles. The highest BCUT2D eigenvalue weighted by Gasteiger charge is 2.21. The number of carbonyl (C=O) groups excluding carboxylic acids is 1. The predicted molar refractivity (Wildman–Crippen MR) is 134 cm³/mol. The molecule has 1 fully saturated rings. The normalized spacial score (nSPS) is 14.4. The fourth-order valence-electron chi connectivity index (χ4n) is 3.55. The molecule has 0 bridgehead atoms. The molecule has 0 unspecified atom stereocenters. The quantitative estimate of drug-likeness (QED) is 0.385. The Labute approximate surface area is 207 Å². The Kier molecular flexibility index (Phi) is 7.24. The molecule has 0 saturated carbocycles. The van der Waals surface area contributed by atoms with Crippen molar-refractivity contribution >= 4 is 32.9 Å². The number of anilines is 1. The Balaban J connectivity index is 0.000000556. The molecule has 0 atom stereocenters. The van der Waals surface area contributed by atoms with Gasteiger partial charge in [0.2, 0.25) is 5.89 Å². The highest BCUT2D eigenvalue weighted by molar-refractivity contribution is 7.85. The third-order valence-electron chi connectivity index (χ3n) is 5.41. The first-order chi connectivity index (χ1) is 17.1. The Morgan fingerprint density at radius 1 is 1.06 bits per heavy atom. The lowest BCUT2D eigenvalue weighted by atomic mass is 10.1. The maximum atomic E-state index is 12.8. The van der Waals surface area contributed by atoms with E-state index in [0.717, 1.165) is 31.7 Å². The van der Waals surface area contributed by atoms with Crippen LogP contribution in [-0.2, 0) is 10.1 Å². The van der Waals surface area contributed by atoms with Gasteiger partial charge in [-0.3, -0.25) is 14.3 Å². The molecule has 1 amide bonds. The van der Waals surface area contributed by atoms with Crippen LogP contribution in [0, 0.1) is 0 Å². The molecule has 1 aromatic carbocycles. The third kappa shape index (κ3) is 6.19. The summed E-state index contributed by atoms with van der Waals surface area (Å²) in [6.07, 6.45) is 5.56. The van der Waals surface area contributed by atoms with Gasteiger partial charge < -0.3 is 20.0 Å². The molecular formula is C23H25N7O5S. The average Bonchev–Trinajstić information content (AvgIpc) is 3.28. The minimum atomic E-state index is -3.67. The van der Waals surface area contributed by atoms with Crippen molar-refractivity contribution in [3.63, 3.8) is 0 Å². The van der Waals surface area contributed by atoms with Gasteiger partial charge in [-0.25, -0.2) is 15.0 Å². The van der Waals surface area contributed by atoms with Crippen molar-refractivity contribution in [1.82, 2.24) is 29.7 Å². The van der Waals surface area contributed by atoms with Crippen LogP contribution in [0.25, 0.3) is 33.9 Å². The molecule has 0 radical (unpaired) electrons. The summed E-state index contributed by atoms with van der Waals surface area (Å²) in [5, 5.41) is 0. The zero-order chi connectivity index (χ0) is 25.9. The van der Waals surface area contributed by atoms with Gasteiger partial charge in [0.1, 0.15) is 5.52 Å². The molecule has 0 aliphatic carbocycles. The molecule has 4 heterocycles. The monoisotopic (exact) mass is 511 g/mol. The summed E-state index contributed by atoms with van der Waals surface area (Å²) in [5.74, 6) is 0.561. The lowest BCUT2D eigenvalue weighted by Gasteiger charge is -2.32. The lowest BCUT2D eigenvalue weighted by molar-refractivity contribution is 0.0664. The Morgan fingerprint density at radius 3 is 2.36 bits per heavy atom. The van der Waals surface area contributed by atoms with E-state index < -0.39 is 10.1 Å². The number of oxazole rings is 1. The summed E-state index contributed by atoms with van der Waals surface area (Å²) >= 11 is 0. The topological polar surface area (TPSA) is 169 Å². The van der Waals surface area contributed by atoms with E-state index in [1.165, 1.54) is 0 Å². The van der Waals surface area contributed by atoms with Gasteiger partial charge in [0.15, 0.2) is 17.1 Å². The summed E-state index contributed by atoms with van der Waals surface area (Å²) in [5.41, 5.74) is 9.71. The number of aromatic nitrogens is 4. The van der Waals surface area contributed by atoms with E-state index in [-0.39, 0.29) is 17.6 Å². The first kappa shape index (κ1) is 25.2. The molecule has 36 heavy (non-hydrogen) atoms. The van der Waals surface area contributed by atoms with Crippen LogP contribution in [0.15, 0.2) is 53.3 Å². The Morgan fingerprint density at radius 2 is 1.72 bits per heavy atom. The third-order valence-corrected chi connectivity index (χ3v) is 5.41. The number of benzene rings is 1. The zero-order valence-electron chi connectivity index (χ0n) is 19.7. The number of carbonyl (C=O) groups is 1. The number of amides is 1. The number of nitrogen functional groups attached to an aromatic ring is 1. The van der Waals surface area contributed by atoms with Crippen LogP contribution in [-0.4, -0.2) is 88.1 Å². The number of nitrogens with zero attached hydrogens (tertiary/aromatic N) is 6. The van der Waals surface area contributed by atoms with Gasteiger partial charge in [-0.05, 0) is 19.2 Å². The molecule has 1 saturated heterocycles. The molecule has 1 aliphatic rings. The number of rotatable bonds is 3. The number of piperazine rings is 1. The number of likely N-dealkylation sites (N-methyl/N-ethyl adjacent to an activating group) is 1. The van der Waals surface area contributed by atoms with Crippen molar-refractivity contribution in [3.05, 3.63) is 54.5 Å². The maximum absolute atomic E-state index is 12.8. The van der Waals surface area contributed by atoms with Crippen LogP contribution < -0.4 is 5.73 Å². The van der Waals surface area contributed by atoms with E-state index >= 15 is 0 Å². The van der Waals surface area contributed by atoms with Crippen molar-refractivity contribution in [3.8, 4) is 22.8 Å². The number of nitrogens with two attached hydrogens (primary N) is 1. The van der Waals surface area contributed by atoms with E-state index in [1.54, 1.807) is 24.7 Å². The van der Waals surface area contributed by atoms with Gasteiger partial charge in [-0.1, -0.05) is 12.1 Å². The first-order valence-corrected chi connectivity index (χ1v) is 12.8. The minimum Gasteiger partial charge on any atom is -0.434 e. The summed E-state index contributed by atoms with van der Waals surface area (Å²) in [6, 6.07) is 9.10.